The van der Waals surface area contributed by atoms with Gasteiger partial charge in [-0.3, -0.25) is 20.7 Å². The van der Waals surface area contributed by atoms with E-state index in [0.717, 1.165) is 67.8 Å². The molecule has 1 aromatic heterocycles. The minimum absolute atomic E-state index is 0.118. The molecule has 3 aromatic rings. The summed E-state index contributed by atoms with van der Waals surface area (Å²) >= 11 is 0. The van der Waals surface area contributed by atoms with Gasteiger partial charge in [0.1, 0.15) is 17.1 Å². The molecule has 0 radical (unpaired) electrons. The Bertz CT molecular complexity index is 1740. The van der Waals surface area contributed by atoms with Crippen molar-refractivity contribution in [3.05, 3.63) is 89.0 Å². The first kappa shape index (κ1) is 35.5. The van der Waals surface area contributed by atoms with E-state index in [4.69, 9.17) is 26.0 Å². The van der Waals surface area contributed by atoms with Crippen molar-refractivity contribution in [2.24, 2.45) is 10.4 Å². The standard InChI is InChI=1S/C38H51N9O2/c1-26-11-14-28(15-12-26)42-35(23-33(39)38(2,3)4)44-37(48)43-32-17-13-27(30-9-6-7-10-31(30)32)25-49-29-16-18-34(40)47(24-29)36(41)46-20-8-19-45(5)21-22-46/h6-7,9-12,14-16,18,24,27,32,39-41H,8,13,17,19-23,25H2,1-5H3,(H2,42,43,44,48). The number of hydrogen-bond donors (Lipinski definition) is 5. The van der Waals surface area contributed by atoms with Gasteiger partial charge in [-0.2, -0.15) is 0 Å². The summed E-state index contributed by atoms with van der Waals surface area (Å²) in [6.45, 7) is 11.8. The molecule has 1 saturated heterocycles. The van der Waals surface area contributed by atoms with Crippen LogP contribution < -0.4 is 20.9 Å². The average Bonchev–Trinajstić information content (AvgIpc) is 3.29. The monoisotopic (exact) mass is 665 g/mol. The topological polar surface area (TPSA) is 146 Å². The predicted molar refractivity (Wildman–Crippen MR) is 195 cm³/mol. The minimum Gasteiger partial charge on any atom is -0.491 e. The number of hydrogen-bond acceptors (Lipinski definition) is 7. The van der Waals surface area contributed by atoms with Crippen LogP contribution in [0.3, 0.4) is 0 Å². The van der Waals surface area contributed by atoms with Crippen LogP contribution in [0.2, 0.25) is 0 Å². The Morgan fingerprint density at radius 2 is 1.69 bits per heavy atom. The summed E-state index contributed by atoms with van der Waals surface area (Å²) < 4.78 is 7.90. The van der Waals surface area contributed by atoms with Crippen LogP contribution >= 0.6 is 0 Å². The zero-order chi connectivity index (χ0) is 35.1. The fraction of sp³-hybridized carbons (Fsp3) is 0.447. The lowest BCUT2D eigenvalue weighted by atomic mass is 9.80. The van der Waals surface area contributed by atoms with Crippen LogP contribution in [0.1, 0.15) is 75.1 Å². The molecule has 5 rings (SSSR count). The Labute approximate surface area is 289 Å². The molecule has 0 spiro atoms. The van der Waals surface area contributed by atoms with Crippen LogP contribution in [0.5, 0.6) is 5.75 Å². The highest BCUT2D eigenvalue weighted by molar-refractivity contribution is 6.09. The lowest BCUT2D eigenvalue weighted by molar-refractivity contribution is 0.235. The Morgan fingerprint density at radius 1 is 0.959 bits per heavy atom. The number of likely N-dealkylation sites (N-methyl/N-ethyl adjacent to an activating group) is 1. The van der Waals surface area contributed by atoms with Gasteiger partial charge in [0.25, 0.3) is 0 Å². The smallest absolute Gasteiger partial charge is 0.320 e. The molecule has 260 valence electrons. The SMILES string of the molecule is Cc1ccc(N=C(CC(=N)C(C)(C)C)NC(=O)NC2CCC(COc3ccc(=N)n(C(=N)N4CCCN(C)CC4)c3)c3ccccc32)cc1. The van der Waals surface area contributed by atoms with Gasteiger partial charge < -0.3 is 25.3 Å². The number of fused-ring (bicyclic) bond motifs is 1. The zero-order valence-electron chi connectivity index (χ0n) is 29.5. The molecule has 11 nitrogen and oxygen atoms in total. The number of nitrogens with zero attached hydrogens (tertiary/aromatic N) is 4. The summed E-state index contributed by atoms with van der Waals surface area (Å²) in [6, 6.07) is 18.9. The number of carbonyl (C=O) groups excluding carboxylic acids is 1. The number of pyridine rings is 1. The molecule has 5 N–H and O–H groups in total. The number of urea groups is 1. The third-order valence-corrected chi connectivity index (χ3v) is 9.35. The number of ether oxygens (including phenoxy) is 1. The minimum atomic E-state index is -0.347. The van der Waals surface area contributed by atoms with Gasteiger partial charge in [-0.05, 0) is 80.6 Å². The summed E-state index contributed by atoms with van der Waals surface area (Å²) in [4.78, 5) is 22.4. The van der Waals surface area contributed by atoms with Gasteiger partial charge in [0.05, 0.1) is 24.5 Å². The third kappa shape index (κ3) is 9.44. The van der Waals surface area contributed by atoms with Crippen molar-refractivity contribution in [3.8, 4) is 5.75 Å². The number of rotatable bonds is 7. The number of amides is 2. The Morgan fingerprint density at radius 3 is 2.43 bits per heavy atom. The summed E-state index contributed by atoms with van der Waals surface area (Å²) in [5, 5.41) is 32.0. The van der Waals surface area contributed by atoms with Crippen LogP contribution in [0, 0.1) is 28.6 Å². The van der Waals surface area contributed by atoms with Crippen molar-refractivity contribution in [2.75, 3.05) is 39.8 Å². The van der Waals surface area contributed by atoms with Gasteiger partial charge in [-0.15, -0.1) is 0 Å². The second kappa shape index (κ2) is 15.6. The molecule has 2 unspecified atom stereocenters. The Hall–Kier alpha value is -4.77. The van der Waals surface area contributed by atoms with Crippen molar-refractivity contribution in [1.29, 1.82) is 16.2 Å². The molecule has 2 atom stereocenters. The highest BCUT2D eigenvalue weighted by Crippen LogP contribution is 2.37. The first-order chi connectivity index (χ1) is 23.4. The van der Waals surface area contributed by atoms with Gasteiger partial charge in [0, 0.05) is 37.7 Å². The van der Waals surface area contributed by atoms with E-state index < -0.39 is 0 Å². The molecular weight excluding hydrogens is 614 g/mol. The van der Waals surface area contributed by atoms with Crippen molar-refractivity contribution in [1.82, 2.24) is 25.0 Å². The first-order valence-corrected chi connectivity index (χ1v) is 17.2. The molecule has 1 fully saturated rings. The molecule has 2 heterocycles. The van der Waals surface area contributed by atoms with Crippen molar-refractivity contribution >= 4 is 29.2 Å². The van der Waals surface area contributed by atoms with Crippen LogP contribution in [0.15, 0.2) is 71.9 Å². The summed E-state index contributed by atoms with van der Waals surface area (Å²) in [7, 11) is 2.10. The maximum Gasteiger partial charge on any atom is 0.320 e. The van der Waals surface area contributed by atoms with Crippen LogP contribution in [0.25, 0.3) is 0 Å². The summed E-state index contributed by atoms with van der Waals surface area (Å²) in [5.74, 6) is 1.46. The third-order valence-electron chi connectivity index (χ3n) is 9.35. The fourth-order valence-corrected chi connectivity index (χ4v) is 6.20. The first-order valence-electron chi connectivity index (χ1n) is 17.2. The maximum atomic E-state index is 13.4. The number of aromatic nitrogens is 1. The van der Waals surface area contributed by atoms with E-state index in [9.17, 15) is 4.79 Å². The normalized spacial score (nSPS) is 18.6. The van der Waals surface area contributed by atoms with Gasteiger partial charge in [-0.1, -0.05) is 62.7 Å². The molecule has 11 heteroatoms. The quantitative estimate of drug-likeness (QED) is 0.152. The van der Waals surface area contributed by atoms with Gasteiger partial charge in [0.2, 0.25) is 5.96 Å². The maximum absolute atomic E-state index is 13.4. The largest absolute Gasteiger partial charge is 0.491 e. The van der Waals surface area contributed by atoms with Gasteiger partial charge in [0.15, 0.2) is 0 Å². The zero-order valence-corrected chi connectivity index (χ0v) is 29.5. The predicted octanol–water partition coefficient (Wildman–Crippen LogP) is 6.18. The average molecular weight is 666 g/mol. The van der Waals surface area contributed by atoms with E-state index >= 15 is 0 Å². The number of carbonyl (C=O) groups is 1. The molecule has 1 aliphatic heterocycles. The number of aliphatic imine (C=N–C) groups is 1. The fourth-order valence-electron chi connectivity index (χ4n) is 6.20. The number of benzene rings is 2. The molecule has 0 bridgehead atoms. The second-order valence-corrected chi connectivity index (χ2v) is 14.3. The van der Waals surface area contributed by atoms with Crippen LogP contribution in [-0.4, -0.2) is 77.7 Å². The molecule has 1 aliphatic carbocycles. The van der Waals surface area contributed by atoms with Crippen molar-refractivity contribution in [2.45, 2.75) is 65.3 Å². The molecule has 0 saturated carbocycles. The molecule has 2 aliphatic rings. The number of nitrogens with one attached hydrogen (secondary N) is 5. The van der Waals surface area contributed by atoms with E-state index in [0.29, 0.717) is 29.9 Å². The lowest BCUT2D eigenvalue weighted by Gasteiger charge is -2.32. The van der Waals surface area contributed by atoms with Crippen LogP contribution in [-0.2, 0) is 0 Å². The second-order valence-electron chi connectivity index (χ2n) is 14.3. The highest BCUT2D eigenvalue weighted by atomic mass is 16.5. The van der Waals surface area contributed by atoms with E-state index in [2.05, 4.69) is 34.7 Å². The van der Waals surface area contributed by atoms with Crippen molar-refractivity contribution in [3.63, 3.8) is 0 Å². The highest BCUT2D eigenvalue weighted by Gasteiger charge is 2.29. The van der Waals surface area contributed by atoms with E-state index in [1.54, 1.807) is 22.9 Å². The summed E-state index contributed by atoms with van der Waals surface area (Å²) in [5.41, 5.74) is 4.42. The lowest BCUT2D eigenvalue weighted by Crippen LogP contribution is -2.43. The Kier molecular flexibility index (Phi) is 11.3. The van der Waals surface area contributed by atoms with Crippen LogP contribution in [0.4, 0.5) is 10.5 Å². The number of aryl methyl sites for hydroxylation is 1. The van der Waals surface area contributed by atoms with Gasteiger partial charge >= 0.3 is 6.03 Å². The van der Waals surface area contributed by atoms with E-state index in [1.807, 2.05) is 69.0 Å². The van der Waals surface area contributed by atoms with Gasteiger partial charge in [-0.25, -0.2) is 9.79 Å². The van der Waals surface area contributed by atoms with E-state index in [-0.39, 0.29) is 35.3 Å². The molecular formula is C38H51N9O2. The summed E-state index contributed by atoms with van der Waals surface area (Å²) in [6.07, 6.45) is 4.51. The molecule has 2 aromatic carbocycles. The Balaban J connectivity index is 1.25. The van der Waals surface area contributed by atoms with Crippen molar-refractivity contribution < 1.29 is 9.53 Å². The van der Waals surface area contributed by atoms with E-state index in [1.165, 1.54) is 0 Å². The number of amidine groups is 1. The molecule has 49 heavy (non-hydrogen) atoms. The molecule has 2 amide bonds.